The van der Waals surface area contributed by atoms with Crippen molar-refractivity contribution in [1.82, 2.24) is 15.3 Å². The third-order valence-electron chi connectivity index (χ3n) is 3.22. The Kier molecular flexibility index (Phi) is 10.00. The average molecular weight is 411 g/mol. The zero-order valence-electron chi connectivity index (χ0n) is 12.6. The van der Waals surface area contributed by atoms with Gasteiger partial charge in [-0.05, 0) is 57.5 Å². The maximum absolute atomic E-state index is 5.36. The number of thiocarbonyl (C=S) groups is 1. The van der Waals surface area contributed by atoms with Gasteiger partial charge in [-0.25, -0.2) is 0 Å². The summed E-state index contributed by atoms with van der Waals surface area (Å²) in [4.78, 5) is 6.62. The van der Waals surface area contributed by atoms with E-state index in [2.05, 4.69) is 40.6 Å². The Morgan fingerprint density at radius 3 is 2.55 bits per heavy atom. The van der Waals surface area contributed by atoms with Crippen molar-refractivity contribution < 1.29 is 13.1 Å². The molecular formula is C14H20Cl2CuN4S. The molecule has 1 aliphatic rings. The molecule has 2 rings (SSSR count). The number of hydrogen-bond donors (Lipinski definition) is 1. The summed E-state index contributed by atoms with van der Waals surface area (Å²) in [6.45, 7) is 5.97. The van der Waals surface area contributed by atoms with Crippen LogP contribution in [-0.4, -0.2) is 33.8 Å². The van der Waals surface area contributed by atoms with Crippen LogP contribution >= 0.6 is 32.4 Å². The third-order valence-corrected chi connectivity index (χ3v) is 3.57. The molecule has 0 unspecified atom stereocenters. The number of pyridine rings is 1. The molecule has 0 saturated carbocycles. The molecule has 0 aromatic carbocycles. The first kappa shape index (κ1) is 19.7. The number of aryl methyl sites for hydroxylation is 1. The zero-order chi connectivity index (χ0) is 16.4. The summed E-state index contributed by atoms with van der Waals surface area (Å²) in [6, 6.07) is 5.92. The minimum atomic E-state index is 0.715. The second kappa shape index (κ2) is 11.2. The Balaban J connectivity index is 0.000000745. The van der Waals surface area contributed by atoms with Crippen molar-refractivity contribution in [2.24, 2.45) is 5.10 Å². The topological polar surface area (TPSA) is 40.5 Å². The molecule has 1 saturated heterocycles. The summed E-state index contributed by atoms with van der Waals surface area (Å²) < 4.78 is 0. The van der Waals surface area contributed by atoms with E-state index in [0.717, 1.165) is 43.3 Å². The molecule has 1 aromatic heterocycles. The maximum atomic E-state index is 5.36. The molecule has 0 aliphatic carbocycles. The van der Waals surface area contributed by atoms with Gasteiger partial charge in [0.15, 0.2) is 5.11 Å². The summed E-state index contributed by atoms with van der Waals surface area (Å²) in [6.07, 6.45) is 3.72. The Hall–Kier alpha value is -0.391. The van der Waals surface area contributed by atoms with Gasteiger partial charge in [-0.3, -0.25) is 10.4 Å². The van der Waals surface area contributed by atoms with Crippen molar-refractivity contribution in [2.45, 2.75) is 33.1 Å². The van der Waals surface area contributed by atoms with Crippen LogP contribution in [0.4, 0.5) is 0 Å². The number of aromatic nitrogens is 1. The molecular weight excluding hydrogens is 391 g/mol. The molecule has 0 amide bonds. The number of halogens is 2. The monoisotopic (exact) mass is 409 g/mol. The Morgan fingerprint density at radius 2 is 1.95 bits per heavy atom. The molecule has 1 aliphatic heterocycles. The van der Waals surface area contributed by atoms with Crippen LogP contribution in [0.15, 0.2) is 23.3 Å². The van der Waals surface area contributed by atoms with Gasteiger partial charge in [0.25, 0.3) is 0 Å². The van der Waals surface area contributed by atoms with E-state index in [1.54, 1.807) is 0 Å². The van der Waals surface area contributed by atoms with Gasteiger partial charge in [0, 0.05) is 18.8 Å². The van der Waals surface area contributed by atoms with Gasteiger partial charge < -0.3 is 4.90 Å². The average Bonchev–Trinajstić information content (AvgIpc) is 2.54. The predicted octanol–water partition coefficient (Wildman–Crippen LogP) is 3.85. The van der Waals surface area contributed by atoms with E-state index in [0.29, 0.717) is 5.11 Å². The second-order valence-electron chi connectivity index (χ2n) is 4.87. The van der Waals surface area contributed by atoms with E-state index in [-0.39, 0.29) is 0 Å². The first-order valence-electron chi connectivity index (χ1n) is 6.93. The van der Waals surface area contributed by atoms with Crippen LogP contribution in [0.5, 0.6) is 0 Å². The molecule has 0 atom stereocenters. The van der Waals surface area contributed by atoms with Gasteiger partial charge in [0.2, 0.25) is 0 Å². The van der Waals surface area contributed by atoms with Gasteiger partial charge in [-0.2, -0.15) is 5.10 Å². The van der Waals surface area contributed by atoms with Crippen LogP contribution in [0.25, 0.3) is 0 Å². The number of hydrazone groups is 1. The number of rotatable bonds is 2. The van der Waals surface area contributed by atoms with Crippen LogP contribution < -0.4 is 5.43 Å². The predicted molar refractivity (Wildman–Crippen MR) is 94.0 cm³/mol. The molecule has 127 valence electrons. The fourth-order valence-electron chi connectivity index (χ4n) is 2.10. The van der Waals surface area contributed by atoms with Crippen molar-refractivity contribution in [3.8, 4) is 0 Å². The molecule has 4 nitrogen and oxygen atoms in total. The summed E-state index contributed by atoms with van der Waals surface area (Å²) in [5.41, 5.74) is 5.70. The van der Waals surface area contributed by atoms with Crippen LogP contribution in [0.1, 0.15) is 37.6 Å². The Labute approximate surface area is 152 Å². The van der Waals surface area contributed by atoms with Gasteiger partial charge in [-0.15, -0.1) is 0 Å². The van der Waals surface area contributed by atoms with E-state index < -0.39 is 0 Å². The molecule has 0 radical (unpaired) electrons. The van der Waals surface area contributed by atoms with Crippen LogP contribution in [0, 0.1) is 6.92 Å². The SMILES string of the molecule is CC(=NNC(=S)N1CCCCC1)c1cccc(C)n1.[Cl][Cu][Cl]. The molecule has 1 aromatic rings. The number of hydrogen-bond acceptors (Lipinski definition) is 3. The second-order valence-corrected chi connectivity index (χ2v) is 6.81. The van der Waals surface area contributed by atoms with E-state index in [9.17, 15) is 0 Å². The number of nitrogens with one attached hydrogen (secondary N) is 1. The molecule has 2 heterocycles. The summed E-state index contributed by atoms with van der Waals surface area (Å²) in [5.74, 6) is 0. The Bertz CT molecular complexity index is 507. The normalized spacial score (nSPS) is 15.1. The quantitative estimate of drug-likeness (QED) is 0.348. The standard InChI is InChI=1S/C14H20N4S.2ClH.Cu/c1-11-7-6-8-13(15-11)12(2)16-17-14(19)18-9-4-3-5-10-18;;;/h6-8H,3-5,9-10H2,1-2H3,(H,17,19);2*1H;/q;;;+2/p-2. The molecule has 0 spiro atoms. The first-order chi connectivity index (χ1) is 10.6. The summed E-state index contributed by atoms with van der Waals surface area (Å²) >= 11 is 6.11. The van der Waals surface area contributed by atoms with E-state index >= 15 is 0 Å². The summed E-state index contributed by atoms with van der Waals surface area (Å²) in [7, 11) is 9.34. The fourth-order valence-corrected chi connectivity index (χ4v) is 2.33. The van der Waals surface area contributed by atoms with Crippen molar-refractivity contribution in [3.63, 3.8) is 0 Å². The fraction of sp³-hybridized carbons (Fsp3) is 0.500. The molecule has 0 bridgehead atoms. The third kappa shape index (κ3) is 7.25. The van der Waals surface area contributed by atoms with Gasteiger partial charge in [0.1, 0.15) is 0 Å². The van der Waals surface area contributed by atoms with E-state index in [4.69, 9.17) is 12.2 Å². The zero-order valence-corrected chi connectivity index (χ0v) is 15.8. The van der Waals surface area contributed by atoms with Crippen molar-refractivity contribution in [2.75, 3.05) is 13.1 Å². The first-order valence-corrected chi connectivity index (χ1v) is 9.93. The molecule has 22 heavy (non-hydrogen) atoms. The Morgan fingerprint density at radius 1 is 1.32 bits per heavy atom. The number of piperidine rings is 1. The van der Waals surface area contributed by atoms with Crippen LogP contribution in [-0.2, 0) is 13.1 Å². The van der Waals surface area contributed by atoms with E-state index in [1.807, 2.05) is 32.0 Å². The van der Waals surface area contributed by atoms with E-state index in [1.165, 1.54) is 19.3 Å². The van der Waals surface area contributed by atoms with Gasteiger partial charge >= 0.3 is 33.3 Å². The van der Waals surface area contributed by atoms with Gasteiger partial charge in [-0.1, -0.05) is 6.07 Å². The van der Waals surface area contributed by atoms with Crippen molar-refractivity contribution in [1.29, 1.82) is 0 Å². The molecule has 8 heteroatoms. The minimum absolute atomic E-state index is 0.715. The summed E-state index contributed by atoms with van der Waals surface area (Å²) in [5, 5.41) is 5.05. The number of nitrogens with zero attached hydrogens (tertiary/aromatic N) is 3. The van der Waals surface area contributed by atoms with Crippen molar-refractivity contribution >= 4 is 43.2 Å². The van der Waals surface area contributed by atoms with Gasteiger partial charge in [0.05, 0.1) is 11.4 Å². The number of likely N-dealkylation sites (tertiary alicyclic amines) is 1. The molecule has 1 N–H and O–H groups in total. The van der Waals surface area contributed by atoms with Crippen molar-refractivity contribution in [3.05, 3.63) is 29.6 Å². The molecule has 1 fully saturated rings. The van der Waals surface area contributed by atoms with Crippen LogP contribution in [0.2, 0.25) is 0 Å². The van der Waals surface area contributed by atoms with Crippen LogP contribution in [0.3, 0.4) is 0 Å².